The lowest BCUT2D eigenvalue weighted by Gasteiger charge is -2.31. The smallest absolute Gasteiger partial charge is 0.295 e. The molecule has 0 spiro atoms. The Morgan fingerprint density at radius 2 is 2.08 bits per heavy atom. The van der Waals surface area contributed by atoms with Gasteiger partial charge in [-0.3, -0.25) is 4.79 Å². The number of piperidine rings is 1. The number of likely N-dealkylation sites (tertiary alicyclic amines) is 1. The average Bonchev–Trinajstić information content (AvgIpc) is 3.11. The van der Waals surface area contributed by atoms with Crippen LogP contribution in [0.15, 0.2) is 34.9 Å². The summed E-state index contributed by atoms with van der Waals surface area (Å²) in [6.45, 7) is 7.92. The molecule has 1 aromatic heterocycles. The fourth-order valence-electron chi connectivity index (χ4n) is 2.87. The standard InChI is InChI=1S/C19H25N3O3/c1-19(2,3)18-20-16(21-25-18)17(23)22-11-7-8-14(12-22)13-24-15-9-5-4-6-10-15/h4-6,9-10,14H,7-8,11-13H2,1-3H3. The second-order valence-corrected chi connectivity index (χ2v) is 7.56. The van der Waals surface area contributed by atoms with E-state index >= 15 is 0 Å². The molecule has 1 atom stereocenters. The van der Waals surface area contributed by atoms with E-state index < -0.39 is 0 Å². The molecule has 1 saturated heterocycles. The van der Waals surface area contributed by atoms with Crippen LogP contribution >= 0.6 is 0 Å². The first-order valence-corrected chi connectivity index (χ1v) is 8.75. The molecule has 1 aliphatic heterocycles. The molecule has 25 heavy (non-hydrogen) atoms. The molecule has 134 valence electrons. The third-order valence-corrected chi connectivity index (χ3v) is 4.29. The summed E-state index contributed by atoms with van der Waals surface area (Å²) in [5, 5.41) is 3.87. The van der Waals surface area contributed by atoms with Crippen molar-refractivity contribution in [1.82, 2.24) is 15.0 Å². The number of benzene rings is 1. The Bertz CT molecular complexity index is 706. The van der Waals surface area contributed by atoms with Gasteiger partial charge in [-0.05, 0) is 25.0 Å². The number of ether oxygens (including phenoxy) is 1. The number of carbonyl (C=O) groups is 1. The van der Waals surface area contributed by atoms with Crippen LogP contribution in [0.5, 0.6) is 5.75 Å². The highest BCUT2D eigenvalue weighted by Crippen LogP contribution is 2.22. The second kappa shape index (κ2) is 7.25. The van der Waals surface area contributed by atoms with Gasteiger partial charge < -0.3 is 14.2 Å². The number of para-hydroxylation sites is 1. The zero-order valence-corrected chi connectivity index (χ0v) is 15.1. The third-order valence-electron chi connectivity index (χ3n) is 4.29. The number of aromatic nitrogens is 2. The Kier molecular flexibility index (Phi) is 5.06. The number of nitrogens with zero attached hydrogens (tertiary/aromatic N) is 3. The van der Waals surface area contributed by atoms with Crippen LogP contribution in [0.3, 0.4) is 0 Å². The van der Waals surface area contributed by atoms with Gasteiger partial charge in [-0.1, -0.05) is 44.1 Å². The summed E-state index contributed by atoms with van der Waals surface area (Å²) in [6, 6.07) is 9.76. The van der Waals surface area contributed by atoms with Crippen molar-refractivity contribution < 1.29 is 14.1 Å². The van der Waals surface area contributed by atoms with Gasteiger partial charge in [-0.2, -0.15) is 4.98 Å². The maximum Gasteiger partial charge on any atom is 0.295 e. The van der Waals surface area contributed by atoms with Crippen molar-refractivity contribution in [1.29, 1.82) is 0 Å². The van der Waals surface area contributed by atoms with Crippen molar-refractivity contribution in [2.45, 2.75) is 39.0 Å². The van der Waals surface area contributed by atoms with E-state index in [1.165, 1.54) is 0 Å². The molecule has 3 rings (SSSR count). The van der Waals surface area contributed by atoms with Gasteiger partial charge in [0.2, 0.25) is 5.89 Å². The number of carbonyl (C=O) groups excluding carboxylic acids is 1. The third kappa shape index (κ3) is 4.38. The van der Waals surface area contributed by atoms with E-state index in [9.17, 15) is 4.79 Å². The molecule has 6 nitrogen and oxygen atoms in total. The Labute approximate surface area is 148 Å². The predicted octanol–water partition coefficient (Wildman–Crippen LogP) is 3.30. The Balaban J connectivity index is 1.59. The zero-order valence-electron chi connectivity index (χ0n) is 15.1. The number of hydrogen-bond acceptors (Lipinski definition) is 5. The minimum absolute atomic E-state index is 0.148. The molecule has 6 heteroatoms. The number of hydrogen-bond donors (Lipinski definition) is 0. The van der Waals surface area contributed by atoms with Crippen molar-refractivity contribution in [3.63, 3.8) is 0 Å². The molecule has 1 aliphatic rings. The second-order valence-electron chi connectivity index (χ2n) is 7.56. The lowest BCUT2D eigenvalue weighted by Crippen LogP contribution is -2.42. The van der Waals surface area contributed by atoms with Gasteiger partial charge in [-0.25, -0.2) is 0 Å². The van der Waals surface area contributed by atoms with Crippen molar-refractivity contribution in [2.75, 3.05) is 19.7 Å². The van der Waals surface area contributed by atoms with E-state index in [1.807, 2.05) is 51.1 Å². The molecule has 0 bridgehead atoms. The largest absolute Gasteiger partial charge is 0.493 e. The summed E-state index contributed by atoms with van der Waals surface area (Å²) < 4.78 is 11.1. The van der Waals surface area contributed by atoms with Crippen LogP contribution in [0.2, 0.25) is 0 Å². The van der Waals surface area contributed by atoms with Gasteiger partial charge in [0.1, 0.15) is 5.75 Å². The van der Waals surface area contributed by atoms with E-state index in [-0.39, 0.29) is 17.1 Å². The Morgan fingerprint density at radius 1 is 1.32 bits per heavy atom. The van der Waals surface area contributed by atoms with Crippen molar-refractivity contribution in [3.8, 4) is 5.75 Å². The van der Waals surface area contributed by atoms with Gasteiger partial charge in [-0.15, -0.1) is 0 Å². The highest BCUT2D eigenvalue weighted by molar-refractivity contribution is 5.90. The number of amides is 1. The summed E-state index contributed by atoms with van der Waals surface area (Å²) in [5.41, 5.74) is -0.264. The molecule has 1 fully saturated rings. The lowest BCUT2D eigenvalue weighted by molar-refractivity contribution is 0.0618. The molecule has 2 heterocycles. The summed E-state index contributed by atoms with van der Waals surface area (Å²) in [5.74, 6) is 1.64. The van der Waals surface area contributed by atoms with E-state index in [1.54, 1.807) is 4.90 Å². The summed E-state index contributed by atoms with van der Waals surface area (Å²) in [6.07, 6.45) is 2.01. The highest BCUT2D eigenvalue weighted by atomic mass is 16.5. The van der Waals surface area contributed by atoms with Gasteiger partial charge >= 0.3 is 0 Å². The van der Waals surface area contributed by atoms with Crippen molar-refractivity contribution in [3.05, 3.63) is 42.0 Å². The molecule has 0 aliphatic carbocycles. The molecule has 0 radical (unpaired) electrons. The molecule has 1 unspecified atom stereocenters. The monoisotopic (exact) mass is 343 g/mol. The zero-order chi connectivity index (χ0) is 17.9. The molecule has 2 aromatic rings. The first kappa shape index (κ1) is 17.5. The van der Waals surface area contributed by atoms with Crippen LogP contribution in [0.4, 0.5) is 0 Å². The van der Waals surface area contributed by atoms with E-state index in [2.05, 4.69) is 10.1 Å². The molecule has 0 N–H and O–H groups in total. The molecular weight excluding hydrogens is 318 g/mol. The van der Waals surface area contributed by atoms with Gasteiger partial charge in [0.25, 0.3) is 11.7 Å². The summed E-state index contributed by atoms with van der Waals surface area (Å²) in [4.78, 5) is 18.7. The first-order chi connectivity index (χ1) is 11.9. The number of rotatable bonds is 4. The van der Waals surface area contributed by atoms with Gasteiger partial charge in [0.05, 0.1) is 6.61 Å². The summed E-state index contributed by atoms with van der Waals surface area (Å²) in [7, 11) is 0. The van der Waals surface area contributed by atoms with E-state index in [0.29, 0.717) is 25.0 Å². The predicted molar refractivity (Wildman–Crippen MR) is 93.6 cm³/mol. The normalized spacial score (nSPS) is 18.2. The van der Waals surface area contributed by atoms with Crippen LogP contribution in [0.25, 0.3) is 0 Å². The van der Waals surface area contributed by atoms with Crippen LogP contribution in [0, 0.1) is 5.92 Å². The van der Waals surface area contributed by atoms with Crippen LogP contribution in [-0.2, 0) is 5.41 Å². The van der Waals surface area contributed by atoms with E-state index in [4.69, 9.17) is 9.26 Å². The highest BCUT2D eigenvalue weighted by Gasteiger charge is 2.30. The topological polar surface area (TPSA) is 68.5 Å². The minimum Gasteiger partial charge on any atom is -0.493 e. The van der Waals surface area contributed by atoms with Crippen molar-refractivity contribution in [2.24, 2.45) is 5.92 Å². The molecule has 1 amide bonds. The van der Waals surface area contributed by atoms with Crippen LogP contribution < -0.4 is 4.74 Å². The fraction of sp³-hybridized carbons (Fsp3) is 0.526. The first-order valence-electron chi connectivity index (χ1n) is 8.75. The van der Waals surface area contributed by atoms with Gasteiger partial charge in [0, 0.05) is 24.4 Å². The minimum atomic E-state index is -0.264. The van der Waals surface area contributed by atoms with Crippen LogP contribution in [-0.4, -0.2) is 40.6 Å². The maximum absolute atomic E-state index is 12.7. The average molecular weight is 343 g/mol. The molecule has 1 aromatic carbocycles. The summed E-state index contributed by atoms with van der Waals surface area (Å²) >= 11 is 0. The van der Waals surface area contributed by atoms with Crippen LogP contribution in [0.1, 0.15) is 50.1 Å². The molecular formula is C19H25N3O3. The quantitative estimate of drug-likeness (QED) is 0.852. The fourth-order valence-corrected chi connectivity index (χ4v) is 2.87. The maximum atomic E-state index is 12.7. The molecule has 0 saturated carbocycles. The Morgan fingerprint density at radius 3 is 2.76 bits per heavy atom. The lowest BCUT2D eigenvalue weighted by atomic mass is 9.97. The SMILES string of the molecule is CC(C)(C)c1nc(C(=O)N2CCCC(COc3ccccc3)C2)no1. The Hall–Kier alpha value is -2.37. The van der Waals surface area contributed by atoms with Gasteiger partial charge in [0.15, 0.2) is 0 Å². The van der Waals surface area contributed by atoms with E-state index in [0.717, 1.165) is 25.1 Å². The van der Waals surface area contributed by atoms with Crippen molar-refractivity contribution >= 4 is 5.91 Å².